The molecule has 0 bridgehead atoms. The van der Waals surface area contributed by atoms with Crippen molar-refractivity contribution in [3.8, 4) is 6.07 Å². The highest BCUT2D eigenvalue weighted by atomic mass is 15.1. The molecule has 0 aromatic carbocycles. The fourth-order valence-corrected chi connectivity index (χ4v) is 1.40. The van der Waals surface area contributed by atoms with Crippen LogP contribution in [-0.2, 0) is 0 Å². The van der Waals surface area contributed by atoms with E-state index in [2.05, 4.69) is 31.7 Å². The van der Waals surface area contributed by atoms with Crippen LogP contribution in [0.15, 0.2) is 0 Å². The van der Waals surface area contributed by atoms with Crippen LogP contribution in [0, 0.1) is 16.7 Å². The van der Waals surface area contributed by atoms with Crippen molar-refractivity contribution in [2.75, 3.05) is 26.2 Å². The molecule has 0 aromatic heterocycles. The SMILES string of the molecule is CCN(CCCC#N)CC(C)(C)CN. The van der Waals surface area contributed by atoms with Crippen LogP contribution in [0.4, 0.5) is 0 Å². The number of nitriles is 1. The molecule has 0 rings (SSSR count). The Kier molecular flexibility index (Phi) is 6.52. The molecule has 0 aromatic rings. The van der Waals surface area contributed by atoms with Crippen molar-refractivity contribution in [1.29, 1.82) is 5.26 Å². The van der Waals surface area contributed by atoms with Crippen LogP contribution in [-0.4, -0.2) is 31.1 Å². The summed E-state index contributed by atoms with van der Waals surface area (Å²) < 4.78 is 0. The third kappa shape index (κ3) is 5.95. The molecule has 3 nitrogen and oxygen atoms in total. The number of nitrogens with two attached hydrogens (primary N) is 1. The van der Waals surface area contributed by atoms with Gasteiger partial charge in [0.25, 0.3) is 0 Å². The van der Waals surface area contributed by atoms with E-state index in [4.69, 9.17) is 11.0 Å². The van der Waals surface area contributed by atoms with Crippen LogP contribution in [0.1, 0.15) is 33.6 Å². The Morgan fingerprint density at radius 2 is 2.07 bits per heavy atom. The van der Waals surface area contributed by atoms with Gasteiger partial charge in [-0.15, -0.1) is 0 Å². The van der Waals surface area contributed by atoms with Crippen molar-refractivity contribution in [3.05, 3.63) is 0 Å². The molecule has 2 N–H and O–H groups in total. The van der Waals surface area contributed by atoms with E-state index in [1.54, 1.807) is 0 Å². The first kappa shape index (κ1) is 13.4. The highest BCUT2D eigenvalue weighted by Crippen LogP contribution is 2.14. The topological polar surface area (TPSA) is 53.0 Å². The Hall–Kier alpha value is -0.590. The molecule has 0 amide bonds. The summed E-state index contributed by atoms with van der Waals surface area (Å²) in [6.07, 6.45) is 1.62. The summed E-state index contributed by atoms with van der Waals surface area (Å²) in [7, 11) is 0. The summed E-state index contributed by atoms with van der Waals surface area (Å²) in [5.74, 6) is 0. The van der Waals surface area contributed by atoms with Crippen LogP contribution < -0.4 is 5.73 Å². The van der Waals surface area contributed by atoms with Crippen molar-refractivity contribution in [3.63, 3.8) is 0 Å². The molecule has 3 heteroatoms. The van der Waals surface area contributed by atoms with Crippen LogP contribution in [0.2, 0.25) is 0 Å². The zero-order valence-electron chi connectivity index (χ0n) is 9.71. The predicted octanol–water partition coefficient (Wildman–Crippen LogP) is 1.60. The van der Waals surface area contributed by atoms with Gasteiger partial charge in [0.15, 0.2) is 0 Å². The number of rotatable bonds is 7. The van der Waals surface area contributed by atoms with Crippen molar-refractivity contribution >= 4 is 0 Å². The zero-order valence-corrected chi connectivity index (χ0v) is 9.71. The van der Waals surface area contributed by atoms with Crippen LogP contribution in [0.3, 0.4) is 0 Å². The monoisotopic (exact) mass is 197 g/mol. The number of unbranched alkanes of at least 4 members (excludes halogenated alkanes) is 1. The normalized spacial score (nSPS) is 11.7. The highest BCUT2D eigenvalue weighted by molar-refractivity contribution is 4.75. The van der Waals surface area contributed by atoms with E-state index >= 15 is 0 Å². The first-order valence-electron chi connectivity index (χ1n) is 5.35. The summed E-state index contributed by atoms with van der Waals surface area (Å²) in [6.45, 7) is 10.3. The second kappa shape index (κ2) is 6.80. The average molecular weight is 197 g/mol. The lowest BCUT2D eigenvalue weighted by Crippen LogP contribution is -2.39. The van der Waals surface area contributed by atoms with Gasteiger partial charge in [-0.05, 0) is 31.5 Å². The molecular weight excluding hydrogens is 174 g/mol. The molecule has 0 unspecified atom stereocenters. The molecule has 0 aliphatic heterocycles. The summed E-state index contributed by atoms with van der Waals surface area (Å²) in [5, 5.41) is 8.44. The standard InChI is InChI=1S/C11H23N3/c1-4-14(8-6-5-7-12)10-11(2,3)9-13/h4-6,8-10,13H2,1-3H3. The molecule has 0 spiro atoms. The van der Waals surface area contributed by atoms with Gasteiger partial charge in [0.2, 0.25) is 0 Å². The Labute approximate surface area is 87.9 Å². The lowest BCUT2D eigenvalue weighted by Gasteiger charge is -2.30. The largest absolute Gasteiger partial charge is 0.330 e. The minimum atomic E-state index is 0.183. The third-order valence-corrected chi connectivity index (χ3v) is 2.41. The Bertz CT molecular complexity index is 181. The van der Waals surface area contributed by atoms with Crippen molar-refractivity contribution in [2.24, 2.45) is 11.1 Å². The van der Waals surface area contributed by atoms with Crippen LogP contribution in [0.25, 0.3) is 0 Å². The highest BCUT2D eigenvalue weighted by Gasteiger charge is 2.18. The number of hydrogen-bond donors (Lipinski definition) is 1. The van der Waals surface area contributed by atoms with Gasteiger partial charge in [-0.25, -0.2) is 0 Å². The summed E-state index contributed by atoms with van der Waals surface area (Å²) in [4.78, 5) is 2.37. The van der Waals surface area contributed by atoms with Gasteiger partial charge in [-0.1, -0.05) is 20.8 Å². The van der Waals surface area contributed by atoms with Crippen molar-refractivity contribution in [1.82, 2.24) is 4.90 Å². The van der Waals surface area contributed by atoms with Crippen LogP contribution in [0.5, 0.6) is 0 Å². The molecule has 14 heavy (non-hydrogen) atoms. The molecular formula is C11H23N3. The molecule has 82 valence electrons. The van der Waals surface area contributed by atoms with Gasteiger partial charge in [0, 0.05) is 13.0 Å². The van der Waals surface area contributed by atoms with Gasteiger partial charge in [-0.2, -0.15) is 5.26 Å². The second-order valence-corrected chi connectivity index (χ2v) is 4.50. The fourth-order valence-electron chi connectivity index (χ4n) is 1.40. The van der Waals surface area contributed by atoms with E-state index in [0.29, 0.717) is 13.0 Å². The summed E-state index contributed by atoms with van der Waals surface area (Å²) >= 11 is 0. The van der Waals surface area contributed by atoms with Gasteiger partial charge in [-0.3, -0.25) is 0 Å². The minimum Gasteiger partial charge on any atom is -0.330 e. The lowest BCUT2D eigenvalue weighted by atomic mass is 9.93. The Balaban J connectivity index is 3.85. The molecule has 0 saturated carbocycles. The molecule has 0 aliphatic carbocycles. The van der Waals surface area contributed by atoms with Crippen molar-refractivity contribution in [2.45, 2.75) is 33.6 Å². The van der Waals surface area contributed by atoms with Crippen LogP contribution >= 0.6 is 0 Å². The van der Waals surface area contributed by atoms with E-state index in [1.165, 1.54) is 0 Å². The third-order valence-electron chi connectivity index (χ3n) is 2.41. The quantitative estimate of drug-likeness (QED) is 0.631. The molecule has 0 aliphatic rings. The molecule has 0 radical (unpaired) electrons. The lowest BCUT2D eigenvalue weighted by molar-refractivity contribution is 0.189. The number of nitrogens with zero attached hydrogens (tertiary/aromatic N) is 2. The summed E-state index contributed by atoms with van der Waals surface area (Å²) in [5.41, 5.74) is 5.87. The maximum Gasteiger partial charge on any atom is 0.0622 e. The zero-order chi connectivity index (χ0) is 11.0. The second-order valence-electron chi connectivity index (χ2n) is 4.50. The average Bonchev–Trinajstić information content (AvgIpc) is 2.16. The molecule has 0 heterocycles. The fraction of sp³-hybridized carbons (Fsp3) is 0.909. The predicted molar refractivity (Wildman–Crippen MR) is 59.8 cm³/mol. The van der Waals surface area contributed by atoms with E-state index in [1.807, 2.05) is 0 Å². The van der Waals surface area contributed by atoms with E-state index in [0.717, 1.165) is 26.1 Å². The number of hydrogen-bond acceptors (Lipinski definition) is 3. The molecule has 0 atom stereocenters. The molecule has 0 saturated heterocycles. The minimum absolute atomic E-state index is 0.183. The summed E-state index contributed by atoms with van der Waals surface area (Å²) in [6, 6.07) is 2.17. The van der Waals surface area contributed by atoms with E-state index in [-0.39, 0.29) is 5.41 Å². The smallest absolute Gasteiger partial charge is 0.0622 e. The van der Waals surface area contributed by atoms with Gasteiger partial charge in [0.05, 0.1) is 6.07 Å². The Morgan fingerprint density at radius 3 is 2.50 bits per heavy atom. The first-order valence-corrected chi connectivity index (χ1v) is 5.35. The van der Waals surface area contributed by atoms with E-state index in [9.17, 15) is 0 Å². The van der Waals surface area contributed by atoms with Gasteiger partial charge in [0.1, 0.15) is 0 Å². The Morgan fingerprint density at radius 1 is 1.43 bits per heavy atom. The van der Waals surface area contributed by atoms with Gasteiger partial charge >= 0.3 is 0 Å². The van der Waals surface area contributed by atoms with Crippen molar-refractivity contribution < 1.29 is 0 Å². The van der Waals surface area contributed by atoms with E-state index < -0.39 is 0 Å². The maximum absolute atomic E-state index is 8.44. The maximum atomic E-state index is 8.44. The van der Waals surface area contributed by atoms with Gasteiger partial charge < -0.3 is 10.6 Å². The first-order chi connectivity index (χ1) is 6.55. The molecule has 0 fully saturated rings.